The molecule has 0 saturated carbocycles. The molecule has 2 N–H and O–H groups in total. The molecule has 0 aliphatic heterocycles. The van der Waals surface area contributed by atoms with Gasteiger partial charge in [-0.3, -0.25) is 4.79 Å². The van der Waals surface area contributed by atoms with E-state index in [0.717, 1.165) is 24.2 Å². The SMILES string of the molecule is O=C(COc1ccc2cc(Br)ccc2c1Br)NN=Cc1cc(Br)ccc1O. The normalized spacial score (nSPS) is 11.1. The molecule has 0 heterocycles. The molecule has 3 rings (SSSR count). The minimum atomic E-state index is -0.413. The van der Waals surface area contributed by atoms with Gasteiger partial charge >= 0.3 is 0 Å². The molecule has 1 amide bonds. The number of nitrogens with one attached hydrogen (secondary N) is 1. The molecular weight excluding hydrogens is 544 g/mol. The van der Waals surface area contributed by atoms with E-state index in [-0.39, 0.29) is 12.4 Å². The highest BCUT2D eigenvalue weighted by Crippen LogP contribution is 2.34. The number of carbonyl (C=O) groups excluding carboxylic acids is 1. The number of ether oxygens (including phenoxy) is 1. The van der Waals surface area contributed by atoms with Crippen LogP contribution in [0.3, 0.4) is 0 Å². The molecule has 5 nitrogen and oxygen atoms in total. The van der Waals surface area contributed by atoms with Gasteiger partial charge in [0.25, 0.3) is 5.91 Å². The van der Waals surface area contributed by atoms with Gasteiger partial charge in [0.1, 0.15) is 11.5 Å². The number of phenolic OH excluding ortho intramolecular Hbond substituents is 1. The Labute approximate surface area is 180 Å². The lowest BCUT2D eigenvalue weighted by Crippen LogP contribution is -2.24. The monoisotopic (exact) mass is 554 g/mol. The van der Waals surface area contributed by atoms with Crippen molar-refractivity contribution in [1.29, 1.82) is 0 Å². The molecule has 138 valence electrons. The number of amides is 1. The minimum absolute atomic E-state index is 0.0687. The zero-order valence-electron chi connectivity index (χ0n) is 13.7. The van der Waals surface area contributed by atoms with E-state index in [4.69, 9.17) is 4.74 Å². The highest BCUT2D eigenvalue weighted by atomic mass is 79.9. The molecule has 0 spiro atoms. The van der Waals surface area contributed by atoms with Crippen LogP contribution in [0.4, 0.5) is 0 Å². The second kappa shape index (κ2) is 8.86. The number of halogens is 3. The molecule has 0 fully saturated rings. The number of aromatic hydroxyl groups is 1. The molecule has 0 bridgehead atoms. The molecule has 3 aromatic rings. The Morgan fingerprint density at radius 3 is 2.63 bits per heavy atom. The van der Waals surface area contributed by atoms with Crippen LogP contribution in [0, 0.1) is 0 Å². The van der Waals surface area contributed by atoms with Gasteiger partial charge in [-0.2, -0.15) is 5.10 Å². The minimum Gasteiger partial charge on any atom is -0.507 e. The molecule has 27 heavy (non-hydrogen) atoms. The maximum atomic E-state index is 11.9. The van der Waals surface area contributed by atoms with Crippen molar-refractivity contribution in [2.45, 2.75) is 0 Å². The summed E-state index contributed by atoms with van der Waals surface area (Å²) >= 11 is 10.3. The van der Waals surface area contributed by atoms with Crippen LogP contribution in [0.25, 0.3) is 10.8 Å². The highest BCUT2D eigenvalue weighted by molar-refractivity contribution is 9.11. The number of hydrogen-bond acceptors (Lipinski definition) is 4. The third-order valence-electron chi connectivity index (χ3n) is 3.62. The summed E-state index contributed by atoms with van der Waals surface area (Å²) in [5.41, 5.74) is 2.85. The van der Waals surface area contributed by atoms with E-state index in [1.165, 1.54) is 12.3 Å². The van der Waals surface area contributed by atoms with Crippen LogP contribution in [-0.2, 0) is 4.79 Å². The molecule has 0 aromatic heterocycles. The molecule has 0 radical (unpaired) electrons. The molecule has 0 unspecified atom stereocenters. The Morgan fingerprint density at radius 2 is 1.81 bits per heavy atom. The third kappa shape index (κ3) is 5.09. The predicted octanol–water partition coefficient (Wildman–Crippen LogP) is 5.36. The van der Waals surface area contributed by atoms with Crippen molar-refractivity contribution in [3.05, 3.63) is 67.5 Å². The van der Waals surface area contributed by atoms with Crippen molar-refractivity contribution < 1.29 is 14.6 Å². The molecule has 3 aromatic carbocycles. The maximum absolute atomic E-state index is 11.9. The van der Waals surface area contributed by atoms with E-state index in [1.807, 2.05) is 24.3 Å². The summed E-state index contributed by atoms with van der Waals surface area (Å²) in [5, 5.41) is 15.6. The van der Waals surface area contributed by atoms with Gasteiger partial charge in [0, 0.05) is 14.5 Å². The Morgan fingerprint density at radius 1 is 1.07 bits per heavy atom. The average molecular weight is 557 g/mol. The van der Waals surface area contributed by atoms with Crippen molar-refractivity contribution >= 4 is 70.7 Å². The van der Waals surface area contributed by atoms with Gasteiger partial charge in [0.05, 0.1) is 10.7 Å². The molecule has 0 saturated heterocycles. The van der Waals surface area contributed by atoms with Crippen molar-refractivity contribution in [2.24, 2.45) is 5.10 Å². The Kier molecular flexibility index (Phi) is 6.51. The number of phenols is 1. The summed E-state index contributed by atoms with van der Waals surface area (Å²) in [5.74, 6) is 0.219. The van der Waals surface area contributed by atoms with Crippen LogP contribution >= 0.6 is 47.8 Å². The fourth-order valence-corrected chi connectivity index (χ4v) is 3.70. The first kappa shape index (κ1) is 19.9. The largest absolute Gasteiger partial charge is 0.507 e. The van der Waals surface area contributed by atoms with Crippen molar-refractivity contribution in [3.63, 3.8) is 0 Å². The van der Waals surface area contributed by atoms with E-state index in [9.17, 15) is 9.90 Å². The predicted molar refractivity (Wildman–Crippen MR) is 116 cm³/mol. The first-order valence-electron chi connectivity index (χ1n) is 7.75. The summed E-state index contributed by atoms with van der Waals surface area (Å²) in [6.07, 6.45) is 1.36. The van der Waals surface area contributed by atoms with Gasteiger partial charge in [-0.05, 0) is 63.1 Å². The van der Waals surface area contributed by atoms with Gasteiger partial charge in [0.2, 0.25) is 0 Å². The van der Waals surface area contributed by atoms with Crippen LogP contribution in [-0.4, -0.2) is 23.8 Å². The van der Waals surface area contributed by atoms with E-state index in [2.05, 4.69) is 58.3 Å². The average Bonchev–Trinajstić information content (AvgIpc) is 2.64. The fraction of sp³-hybridized carbons (Fsp3) is 0.0526. The third-order valence-corrected chi connectivity index (χ3v) is 5.43. The van der Waals surface area contributed by atoms with Crippen LogP contribution in [0.5, 0.6) is 11.5 Å². The number of carbonyl (C=O) groups is 1. The summed E-state index contributed by atoms with van der Waals surface area (Å²) < 4.78 is 8.15. The van der Waals surface area contributed by atoms with Crippen molar-refractivity contribution in [1.82, 2.24) is 5.43 Å². The molecule has 8 heteroatoms. The zero-order valence-corrected chi connectivity index (χ0v) is 18.5. The van der Waals surface area contributed by atoms with E-state index < -0.39 is 5.91 Å². The summed E-state index contributed by atoms with van der Waals surface area (Å²) in [6, 6.07) is 14.6. The lowest BCUT2D eigenvalue weighted by atomic mass is 10.1. The number of rotatable bonds is 5. The lowest BCUT2D eigenvalue weighted by Gasteiger charge is -2.10. The smallest absolute Gasteiger partial charge is 0.277 e. The number of nitrogens with zero attached hydrogens (tertiary/aromatic N) is 1. The Balaban J connectivity index is 1.61. The maximum Gasteiger partial charge on any atom is 0.277 e. The standard InChI is InChI=1S/C19H13Br3N2O3/c20-13-2-4-15-11(7-13)1-6-17(19(15)22)27-10-18(26)24-23-9-12-8-14(21)3-5-16(12)25/h1-9,25H,10H2,(H,24,26). The molecule has 0 aliphatic carbocycles. The van der Waals surface area contributed by atoms with Gasteiger partial charge in [-0.15, -0.1) is 0 Å². The van der Waals surface area contributed by atoms with Gasteiger partial charge in [-0.1, -0.05) is 44.0 Å². The first-order chi connectivity index (χ1) is 12.9. The number of hydrogen-bond donors (Lipinski definition) is 2. The Bertz CT molecular complexity index is 1040. The topological polar surface area (TPSA) is 70.9 Å². The van der Waals surface area contributed by atoms with Gasteiger partial charge in [0.15, 0.2) is 6.61 Å². The number of fused-ring (bicyclic) bond motifs is 1. The first-order valence-corrected chi connectivity index (χ1v) is 10.1. The summed E-state index contributed by atoms with van der Waals surface area (Å²) in [6.45, 7) is -0.192. The van der Waals surface area contributed by atoms with Crippen LogP contribution in [0.2, 0.25) is 0 Å². The van der Waals surface area contributed by atoms with Crippen LogP contribution in [0.1, 0.15) is 5.56 Å². The molecular formula is C19H13Br3N2O3. The fourth-order valence-electron chi connectivity index (χ4n) is 2.33. The molecule has 0 aliphatic rings. The quantitative estimate of drug-likeness (QED) is 0.328. The second-order valence-electron chi connectivity index (χ2n) is 5.53. The van der Waals surface area contributed by atoms with Gasteiger partial charge < -0.3 is 9.84 Å². The zero-order chi connectivity index (χ0) is 19.4. The van der Waals surface area contributed by atoms with E-state index in [0.29, 0.717) is 11.3 Å². The molecule has 0 atom stereocenters. The highest BCUT2D eigenvalue weighted by Gasteiger charge is 2.09. The summed E-state index contributed by atoms with van der Waals surface area (Å²) in [7, 11) is 0. The Hall–Kier alpha value is -1.90. The van der Waals surface area contributed by atoms with Crippen molar-refractivity contribution in [2.75, 3.05) is 6.61 Å². The number of hydrazone groups is 1. The van der Waals surface area contributed by atoms with Crippen LogP contribution < -0.4 is 10.2 Å². The summed E-state index contributed by atoms with van der Waals surface area (Å²) in [4.78, 5) is 11.9. The van der Waals surface area contributed by atoms with Gasteiger partial charge in [-0.25, -0.2) is 5.43 Å². The van der Waals surface area contributed by atoms with E-state index >= 15 is 0 Å². The van der Waals surface area contributed by atoms with Crippen molar-refractivity contribution in [3.8, 4) is 11.5 Å². The second-order valence-corrected chi connectivity index (χ2v) is 8.15. The number of benzene rings is 3. The van der Waals surface area contributed by atoms with E-state index in [1.54, 1.807) is 18.2 Å². The van der Waals surface area contributed by atoms with Crippen LogP contribution in [0.15, 0.2) is 67.1 Å². The lowest BCUT2D eigenvalue weighted by molar-refractivity contribution is -0.123.